The minimum Gasteiger partial charge on any atom is -0.476 e. The molecule has 0 aromatic carbocycles. The third-order valence-corrected chi connectivity index (χ3v) is 2.81. The van der Waals surface area contributed by atoms with Gasteiger partial charge in [-0.1, -0.05) is 15.9 Å². The van der Waals surface area contributed by atoms with Crippen molar-refractivity contribution in [3.05, 3.63) is 18.1 Å². The van der Waals surface area contributed by atoms with Crippen molar-refractivity contribution in [3.63, 3.8) is 0 Å². The van der Waals surface area contributed by atoms with Crippen molar-refractivity contribution in [3.8, 4) is 0 Å². The number of carboxylic acid groups (broad SMARTS) is 1. The van der Waals surface area contributed by atoms with Gasteiger partial charge in [-0.05, 0) is 0 Å². The second-order valence-electron chi connectivity index (χ2n) is 3.37. The van der Waals surface area contributed by atoms with Gasteiger partial charge in [-0.2, -0.15) is 0 Å². The molecule has 1 atom stereocenters. The first-order valence-electron chi connectivity index (χ1n) is 4.57. The summed E-state index contributed by atoms with van der Waals surface area (Å²) in [5.74, 6) is -0.957. The second kappa shape index (κ2) is 4.17. The van der Waals surface area contributed by atoms with Crippen LogP contribution in [0.15, 0.2) is 12.4 Å². The average Bonchev–Trinajstić information content (AvgIpc) is 2.58. The van der Waals surface area contributed by atoms with Gasteiger partial charge >= 0.3 is 5.97 Å². The third-order valence-electron chi connectivity index (χ3n) is 2.20. The molecule has 2 rings (SSSR count). The monoisotopic (exact) mass is 285 g/mol. The van der Waals surface area contributed by atoms with E-state index in [-0.39, 0.29) is 22.2 Å². The van der Waals surface area contributed by atoms with Gasteiger partial charge in [0.2, 0.25) is 5.91 Å². The van der Waals surface area contributed by atoms with Crippen LogP contribution in [0.1, 0.15) is 16.9 Å². The molecule has 1 aliphatic rings. The Kier molecular flexibility index (Phi) is 2.86. The molecule has 6 nitrogen and oxygen atoms in total. The molecule has 0 spiro atoms. The van der Waals surface area contributed by atoms with Crippen molar-refractivity contribution in [2.45, 2.75) is 11.2 Å². The molecule has 1 fully saturated rings. The average molecular weight is 286 g/mol. The zero-order valence-electron chi connectivity index (χ0n) is 8.13. The molecule has 1 amide bonds. The Bertz CT molecular complexity index is 451. The highest BCUT2D eigenvalue weighted by molar-refractivity contribution is 9.09. The van der Waals surface area contributed by atoms with Gasteiger partial charge in [-0.25, -0.2) is 9.78 Å². The number of hydrogen-bond acceptors (Lipinski definition) is 4. The fourth-order valence-electron chi connectivity index (χ4n) is 1.47. The zero-order chi connectivity index (χ0) is 11.7. The van der Waals surface area contributed by atoms with Gasteiger partial charge in [0.05, 0.1) is 12.4 Å². The molecule has 1 aromatic rings. The van der Waals surface area contributed by atoms with Gasteiger partial charge in [-0.3, -0.25) is 14.7 Å². The smallest absolute Gasteiger partial charge is 0.356 e. The number of carbonyl (C=O) groups excluding carboxylic acids is 1. The molecule has 1 saturated heterocycles. The Hall–Kier alpha value is -1.50. The van der Waals surface area contributed by atoms with Gasteiger partial charge < -0.3 is 5.11 Å². The lowest BCUT2D eigenvalue weighted by Gasteiger charge is -2.13. The Balaban J connectivity index is 2.30. The van der Waals surface area contributed by atoms with E-state index in [4.69, 9.17) is 5.11 Å². The van der Waals surface area contributed by atoms with Crippen LogP contribution in [0.3, 0.4) is 0 Å². The van der Waals surface area contributed by atoms with E-state index in [1.807, 2.05) is 0 Å². The highest BCUT2D eigenvalue weighted by atomic mass is 79.9. The number of halogens is 1. The number of nitrogens with zero attached hydrogens (tertiary/aromatic N) is 3. The summed E-state index contributed by atoms with van der Waals surface area (Å²) < 4.78 is 0. The van der Waals surface area contributed by atoms with Crippen LogP contribution in [0.4, 0.5) is 5.82 Å². The van der Waals surface area contributed by atoms with Crippen molar-refractivity contribution in [2.75, 3.05) is 11.4 Å². The molecule has 1 aliphatic heterocycles. The van der Waals surface area contributed by atoms with Gasteiger partial charge in [0.1, 0.15) is 0 Å². The van der Waals surface area contributed by atoms with E-state index >= 15 is 0 Å². The summed E-state index contributed by atoms with van der Waals surface area (Å²) in [6.07, 6.45) is 2.92. The lowest BCUT2D eigenvalue weighted by Crippen LogP contribution is -2.26. The van der Waals surface area contributed by atoms with Crippen molar-refractivity contribution in [1.29, 1.82) is 0 Å². The molecule has 0 saturated carbocycles. The van der Waals surface area contributed by atoms with Crippen LogP contribution in [0.25, 0.3) is 0 Å². The highest BCUT2D eigenvalue weighted by Crippen LogP contribution is 2.22. The highest BCUT2D eigenvalue weighted by Gasteiger charge is 2.30. The topological polar surface area (TPSA) is 83.4 Å². The molecule has 0 aliphatic carbocycles. The minimum atomic E-state index is -1.16. The summed E-state index contributed by atoms with van der Waals surface area (Å²) in [5, 5.41) is 8.75. The van der Waals surface area contributed by atoms with Crippen molar-refractivity contribution in [1.82, 2.24) is 9.97 Å². The third kappa shape index (κ3) is 2.04. The molecule has 84 valence electrons. The molecule has 1 unspecified atom stereocenters. The Morgan fingerprint density at radius 1 is 1.56 bits per heavy atom. The summed E-state index contributed by atoms with van der Waals surface area (Å²) in [4.78, 5) is 31.4. The fraction of sp³-hybridized carbons (Fsp3) is 0.333. The molecular weight excluding hydrogens is 278 g/mol. The van der Waals surface area contributed by atoms with E-state index in [0.717, 1.165) is 6.20 Å². The number of anilines is 1. The maximum absolute atomic E-state index is 11.5. The molecule has 1 N–H and O–H groups in total. The van der Waals surface area contributed by atoms with E-state index in [9.17, 15) is 9.59 Å². The molecule has 0 radical (unpaired) electrons. The number of carbonyl (C=O) groups is 2. The summed E-state index contributed by atoms with van der Waals surface area (Å²) in [6.45, 7) is 0.483. The van der Waals surface area contributed by atoms with Crippen LogP contribution < -0.4 is 4.90 Å². The van der Waals surface area contributed by atoms with E-state index < -0.39 is 5.97 Å². The largest absolute Gasteiger partial charge is 0.476 e. The summed E-state index contributed by atoms with van der Waals surface area (Å²) in [5.41, 5.74) is -0.164. The van der Waals surface area contributed by atoms with Crippen molar-refractivity contribution >= 4 is 33.6 Å². The maximum Gasteiger partial charge on any atom is 0.356 e. The Morgan fingerprint density at radius 3 is 2.88 bits per heavy atom. The molecule has 0 bridgehead atoms. The summed E-state index contributed by atoms with van der Waals surface area (Å²) in [6, 6.07) is 0. The predicted molar refractivity (Wildman–Crippen MR) is 58.7 cm³/mol. The first-order chi connectivity index (χ1) is 7.58. The number of alkyl halides is 1. The minimum absolute atomic E-state index is 0.0790. The summed E-state index contributed by atoms with van der Waals surface area (Å²) in [7, 11) is 0. The quantitative estimate of drug-likeness (QED) is 0.808. The van der Waals surface area contributed by atoms with Crippen molar-refractivity contribution in [2.24, 2.45) is 0 Å². The van der Waals surface area contributed by atoms with E-state index in [2.05, 4.69) is 25.9 Å². The lowest BCUT2D eigenvalue weighted by molar-refractivity contribution is -0.117. The van der Waals surface area contributed by atoms with Crippen LogP contribution >= 0.6 is 15.9 Å². The number of carboxylic acids is 1. The van der Waals surface area contributed by atoms with Gasteiger partial charge in [0.25, 0.3) is 0 Å². The number of rotatable bonds is 2. The van der Waals surface area contributed by atoms with Gasteiger partial charge in [0, 0.05) is 17.8 Å². The van der Waals surface area contributed by atoms with Gasteiger partial charge in [-0.15, -0.1) is 0 Å². The molecule has 16 heavy (non-hydrogen) atoms. The first kappa shape index (κ1) is 11.0. The molecule has 2 heterocycles. The molecule has 1 aromatic heterocycles. The standard InChI is InChI=1S/C9H8BrN3O3/c10-5-1-8(14)13(4-5)7-3-11-2-6(12-7)9(15)16/h2-3,5H,1,4H2,(H,15,16). The number of aromatic nitrogens is 2. The maximum atomic E-state index is 11.5. The number of hydrogen-bond donors (Lipinski definition) is 1. The molecular formula is C9H8BrN3O3. The zero-order valence-corrected chi connectivity index (χ0v) is 9.72. The van der Waals surface area contributed by atoms with Crippen LogP contribution in [-0.2, 0) is 4.79 Å². The Morgan fingerprint density at radius 2 is 2.31 bits per heavy atom. The van der Waals surface area contributed by atoms with Crippen LogP contribution in [-0.4, -0.2) is 38.3 Å². The van der Waals surface area contributed by atoms with E-state index in [1.165, 1.54) is 11.1 Å². The van der Waals surface area contributed by atoms with Crippen LogP contribution in [0, 0.1) is 0 Å². The normalized spacial score (nSPS) is 20.2. The fourth-order valence-corrected chi connectivity index (χ4v) is 2.04. The number of aromatic carboxylic acids is 1. The van der Waals surface area contributed by atoms with Crippen molar-refractivity contribution < 1.29 is 14.7 Å². The van der Waals surface area contributed by atoms with E-state index in [0.29, 0.717) is 13.0 Å². The van der Waals surface area contributed by atoms with Gasteiger partial charge in [0.15, 0.2) is 11.5 Å². The predicted octanol–water partition coefficient (Wildman–Crippen LogP) is 0.675. The van der Waals surface area contributed by atoms with Crippen LogP contribution in [0.2, 0.25) is 0 Å². The molecule has 7 heteroatoms. The summed E-state index contributed by atoms with van der Waals surface area (Å²) >= 11 is 3.34. The van der Waals surface area contributed by atoms with Crippen LogP contribution in [0.5, 0.6) is 0 Å². The lowest BCUT2D eigenvalue weighted by atomic mass is 10.4. The second-order valence-corrected chi connectivity index (χ2v) is 4.67. The SMILES string of the molecule is O=C(O)c1cncc(N2CC(Br)CC2=O)n1. The first-order valence-corrected chi connectivity index (χ1v) is 5.49. The Labute approximate surface area is 99.4 Å². The van der Waals surface area contributed by atoms with E-state index in [1.54, 1.807) is 0 Å². The number of amides is 1.